The van der Waals surface area contributed by atoms with Crippen molar-refractivity contribution in [2.45, 2.75) is 20.3 Å². The molecule has 3 aromatic rings. The number of ether oxygens (including phenoxy) is 1. The van der Waals surface area contributed by atoms with E-state index in [1.807, 2.05) is 29.2 Å². The van der Waals surface area contributed by atoms with Gasteiger partial charge in [-0.15, -0.1) is 0 Å². The van der Waals surface area contributed by atoms with E-state index in [-0.39, 0.29) is 5.91 Å². The molecule has 1 saturated heterocycles. The molecule has 5 nitrogen and oxygen atoms in total. The van der Waals surface area contributed by atoms with Crippen molar-refractivity contribution < 1.29 is 9.53 Å². The van der Waals surface area contributed by atoms with Crippen LogP contribution in [-0.2, 0) is 11.2 Å². The van der Waals surface area contributed by atoms with E-state index in [1.54, 1.807) is 18.4 Å². The summed E-state index contributed by atoms with van der Waals surface area (Å²) in [6.45, 7) is 7.35. The molecule has 2 heterocycles. The van der Waals surface area contributed by atoms with Crippen LogP contribution in [0, 0.1) is 13.8 Å². The van der Waals surface area contributed by atoms with E-state index in [9.17, 15) is 4.79 Å². The van der Waals surface area contributed by atoms with Crippen LogP contribution in [0.3, 0.4) is 0 Å². The zero-order chi connectivity index (χ0) is 19.7. The second-order valence-corrected chi connectivity index (χ2v) is 8.33. The number of nitrogens with zero attached hydrogens (tertiary/aromatic N) is 3. The molecule has 0 atom stereocenters. The first-order valence-electron chi connectivity index (χ1n) is 9.57. The summed E-state index contributed by atoms with van der Waals surface area (Å²) in [5.41, 5.74) is 4.59. The van der Waals surface area contributed by atoms with Gasteiger partial charge in [-0.3, -0.25) is 4.79 Å². The molecule has 1 aromatic heterocycles. The molecule has 0 unspecified atom stereocenters. The molecule has 6 heteroatoms. The van der Waals surface area contributed by atoms with Gasteiger partial charge < -0.3 is 14.5 Å². The maximum absolute atomic E-state index is 12.7. The van der Waals surface area contributed by atoms with Gasteiger partial charge in [0.15, 0.2) is 5.13 Å². The molecule has 1 aliphatic heterocycles. The highest BCUT2D eigenvalue weighted by molar-refractivity contribution is 7.22. The number of fused-ring (bicyclic) bond motifs is 1. The quantitative estimate of drug-likeness (QED) is 0.674. The van der Waals surface area contributed by atoms with Crippen LogP contribution in [0.2, 0.25) is 0 Å². The Morgan fingerprint density at radius 1 is 1.14 bits per heavy atom. The fraction of sp³-hybridized carbons (Fsp3) is 0.364. The number of hydrogen-bond donors (Lipinski definition) is 0. The smallest absolute Gasteiger partial charge is 0.227 e. The standard InChI is InChI=1S/C22H25N3O2S/c1-15-11-16(2)21-19(12-15)28-22(23-21)25-9-7-24(8-10-25)20(26)14-17-5-4-6-18(13-17)27-3/h4-6,11-13H,7-10,14H2,1-3H3. The van der Waals surface area contributed by atoms with Crippen LogP contribution in [0.5, 0.6) is 5.75 Å². The van der Waals surface area contributed by atoms with Crippen LogP contribution in [0.1, 0.15) is 16.7 Å². The third kappa shape index (κ3) is 3.83. The molecule has 1 amide bonds. The number of carbonyl (C=O) groups is 1. The van der Waals surface area contributed by atoms with Crippen molar-refractivity contribution in [1.82, 2.24) is 9.88 Å². The molecule has 1 aliphatic rings. The van der Waals surface area contributed by atoms with Gasteiger partial charge in [0, 0.05) is 26.2 Å². The predicted octanol–water partition coefficient (Wildman–Crippen LogP) is 3.81. The van der Waals surface area contributed by atoms with Gasteiger partial charge in [0.2, 0.25) is 5.91 Å². The van der Waals surface area contributed by atoms with Crippen molar-refractivity contribution in [2.24, 2.45) is 0 Å². The van der Waals surface area contributed by atoms with Crippen LogP contribution in [0.4, 0.5) is 5.13 Å². The van der Waals surface area contributed by atoms with Crippen molar-refractivity contribution in [3.8, 4) is 5.75 Å². The molecule has 4 rings (SSSR count). The highest BCUT2D eigenvalue weighted by atomic mass is 32.1. The van der Waals surface area contributed by atoms with Crippen LogP contribution in [0.15, 0.2) is 36.4 Å². The minimum absolute atomic E-state index is 0.170. The summed E-state index contributed by atoms with van der Waals surface area (Å²) < 4.78 is 6.49. The largest absolute Gasteiger partial charge is 0.497 e. The van der Waals surface area contributed by atoms with Crippen molar-refractivity contribution in [3.05, 3.63) is 53.1 Å². The Morgan fingerprint density at radius 2 is 1.93 bits per heavy atom. The topological polar surface area (TPSA) is 45.7 Å². The van der Waals surface area contributed by atoms with E-state index in [0.717, 1.165) is 48.1 Å². The number of amides is 1. The molecule has 0 saturated carbocycles. The monoisotopic (exact) mass is 395 g/mol. The first-order valence-corrected chi connectivity index (χ1v) is 10.4. The summed E-state index contributed by atoms with van der Waals surface area (Å²) in [5.74, 6) is 0.958. The average Bonchev–Trinajstić information content (AvgIpc) is 3.12. The minimum Gasteiger partial charge on any atom is -0.497 e. The number of thiazole rings is 1. The van der Waals surface area contributed by atoms with Crippen LogP contribution in [0.25, 0.3) is 10.2 Å². The third-order valence-corrected chi connectivity index (χ3v) is 6.27. The number of hydrogen-bond acceptors (Lipinski definition) is 5. The van der Waals surface area contributed by atoms with Gasteiger partial charge in [-0.05, 0) is 48.7 Å². The number of piperazine rings is 1. The fourth-order valence-electron chi connectivity index (χ4n) is 3.71. The van der Waals surface area contributed by atoms with E-state index < -0.39 is 0 Å². The second kappa shape index (κ2) is 7.80. The average molecular weight is 396 g/mol. The van der Waals surface area contributed by atoms with Crippen molar-refractivity contribution >= 4 is 32.6 Å². The molecule has 0 bridgehead atoms. The molecular weight excluding hydrogens is 370 g/mol. The van der Waals surface area contributed by atoms with Gasteiger partial charge in [0.05, 0.1) is 23.7 Å². The van der Waals surface area contributed by atoms with Gasteiger partial charge in [-0.2, -0.15) is 0 Å². The second-order valence-electron chi connectivity index (χ2n) is 7.32. The number of aromatic nitrogens is 1. The minimum atomic E-state index is 0.170. The number of methoxy groups -OCH3 is 1. The van der Waals surface area contributed by atoms with Crippen LogP contribution < -0.4 is 9.64 Å². The molecule has 1 fully saturated rings. The fourth-order valence-corrected chi connectivity index (χ4v) is 4.90. The molecular formula is C22H25N3O2S. The maximum atomic E-state index is 12.7. The van der Waals surface area contributed by atoms with Crippen LogP contribution in [-0.4, -0.2) is 49.1 Å². The number of aryl methyl sites for hydroxylation is 2. The summed E-state index contributed by atoms with van der Waals surface area (Å²) in [6.07, 6.45) is 0.414. The Kier molecular flexibility index (Phi) is 5.22. The van der Waals surface area contributed by atoms with Gasteiger partial charge >= 0.3 is 0 Å². The molecule has 0 radical (unpaired) electrons. The Bertz CT molecular complexity index is 1010. The molecule has 2 aromatic carbocycles. The first kappa shape index (κ1) is 18.7. The normalized spacial score (nSPS) is 14.5. The number of benzene rings is 2. The molecule has 28 heavy (non-hydrogen) atoms. The van der Waals surface area contributed by atoms with Gasteiger partial charge in [0.25, 0.3) is 0 Å². The lowest BCUT2D eigenvalue weighted by Gasteiger charge is -2.34. The number of carbonyl (C=O) groups excluding carboxylic acids is 1. The van der Waals surface area contributed by atoms with E-state index >= 15 is 0 Å². The summed E-state index contributed by atoms with van der Waals surface area (Å²) in [6, 6.07) is 12.1. The Hall–Kier alpha value is -2.60. The highest BCUT2D eigenvalue weighted by Crippen LogP contribution is 2.32. The Balaban J connectivity index is 1.40. The first-order chi connectivity index (χ1) is 13.5. The number of rotatable bonds is 4. The van der Waals surface area contributed by atoms with E-state index in [2.05, 4.69) is 30.9 Å². The van der Waals surface area contributed by atoms with Crippen molar-refractivity contribution in [3.63, 3.8) is 0 Å². The van der Waals surface area contributed by atoms with E-state index in [1.165, 1.54) is 15.8 Å². The summed E-state index contributed by atoms with van der Waals surface area (Å²) in [4.78, 5) is 21.8. The van der Waals surface area contributed by atoms with E-state index in [0.29, 0.717) is 6.42 Å². The lowest BCUT2D eigenvalue weighted by Crippen LogP contribution is -2.49. The highest BCUT2D eigenvalue weighted by Gasteiger charge is 2.23. The van der Waals surface area contributed by atoms with Gasteiger partial charge in [-0.1, -0.05) is 29.5 Å². The lowest BCUT2D eigenvalue weighted by atomic mass is 10.1. The van der Waals surface area contributed by atoms with Crippen LogP contribution >= 0.6 is 11.3 Å². The Morgan fingerprint density at radius 3 is 2.68 bits per heavy atom. The summed E-state index contributed by atoms with van der Waals surface area (Å²) in [5, 5.41) is 1.06. The number of anilines is 1. The SMILES string of the molecule is COc1cccc(CC(=O)N2CCN(c3nc4c(C)cc(C)cc4s3)CC2)c1. The van der Waals surface area contributed by atoms with Crippen molar-refractivity contribution in [1.29, 1.82) is 0 Å². The lowest BCUT2D eigenvalue weighted by molar-refractivity contribution is -0.130. The third-order valence-electron chi connectivity index (χ3n) is 5.21. The predicted molar refractivity (Wildman–Crippen MR) is 115 cm³/mol. The molecule has 0 spiro atoms. The Labute approximate surface area is 169 Å². The maximum Gasteiger partial charge on any atom is 0.227 e. The zero-order valence-electron chi connectivity index (χ0n) is 16.6. The zero-order valence-corrected chi connectivity index (χ0v) is 17.4. The summed E-state index contributed by atoms with van der Waals surface area (Å²) >= 11 is 1.75. The van der Waals surface area contributed by atoms with Crippen molar-refractivity contribution in [2.75, 3.05) is 38.2 Å². The molecule has 146 valence electrons. The van der Waals surface area contributed by atoms with E-state index in [4.69, 9.17) is 9.72 Å². The van der Waals surface area contributed by atoms with Gasteiger partial charge in [0.1, 0.15) is 5.75 Å². The molecule has 0 aliphatic carbocycles. The molecule has 0 N–H and O–H groups in total. The van der Waals surface area contributed by atoms with Gasteiger partial charge in [-0.25, -0.2) is 4.98 Å². The summed E-state index contributed by atoms with van der Waals surface area (Å²) in [7, 11) is 1.64.